The van der Waals surface area contributed by atoms with Crippen LogP contribution in [0.15, 0.2) is 30.3 Å². The van der Waals surface area contributed by atoms with Crippen LogP contribution < -0.4 is 0 Å². The molecular formula is C15H19NO4. The third-order valence-electron chi connectivity index (χ3n) is 3.67. The molecule has 5 nitrogen and oxygen atoms in total. The third-order valence-corrected chi connectivity index (χ3v) is 3.67. The van der Waals surface area contributed by atoms with Gasteiger partial charge in [-0.3, -0.25) is 14.4 Å². The standard InChI is InChI=1S/C15H19NO4/c1-15(14(18)19,12-7-3-2-4-8-12)11-13(17)16-9-5-6-10-20-16/h2-4,7-8H,5-6,9-11H2,1H3,(H,18,19). The molecule has 108 valence electrons. The Labute approximate surface area is 118 Å². The van der Waals surface area contributed by atoms with Crippen molar-refractivity contribution < 1.29 is 19.5 Å². The lowest BCUT2D eigenvalue weighted by Gasteiger charge is -2.30. The van der Waals surface area contributed by atoms with Gasteiger partial charge < -0.3 is 5.11 Å². The van der Waals surface area contributed by atoms with Gasteiger partial charge in [0, 0.05) is 13.0 Å². The van der Waals surface area contributed by atoms with Crippen LogP contribution in [0.25, 0.3) is 0 Å². The van der Waals surface area contributed by atoms with Crippen LogP contribution >= 0.6 is 0 Å². The van der Waals surface area contributed by atoms with Crippen LogP contribution in [0.5, 0.6) is 0 Å². The highest BCUT2D eigenvalue weighted by atomic mass is 16.7. The predicted octanol–water partition coefficient (Wildman–Crippen LogP) is 1.97. The molecule has 1 unspecified atom stereocenters. The molecule has 1 aliphatic rings. The Kier molecular flexibility index (Phi) is 4.39. The molecule has 1 N–H and O–H groups in total. The summed E-state index contributed by atoms with van der Waals surface area (Å²) in [6, 6.07) is 8.84. The summed E-state index contributed by atoms with van der Waals surface area (Å²) >= 11 is 0. The molecule has 1 atom stereocenters. The van der Waals surface area contributed by atoms with Crippen molar-refractivity contribution in [1.29, 1.82) is 0 Å². The Bertz CT molecular complexity index is 482. The van der Waals surface area contributed by atoms with Crippen LogP contribution in [0, 0.1) is 0 Å². The maximum absolute atomic E-state index is 12.2. The van der Waals surface area contributed by atoms with Gasteiger partial charge >= 0.3 is 5.97 Å². The van der Waals surface area contributed by atoms with E-state index in [1.807, 2.05) is 6.07 Å². The van der Waals surface area contributed by atoms with Crippen molar-refractivity contribution in [2.45, 2.75) is 31.6 Å². The number of rotatable bonds is 4. The molecule has 20 heavy (non-hydrogen) atoms. The van der Waals surface area contributed by atoms with Gasteiger partial charge in [0.15, 0.2) is 0 Å². The molecule has 2 rings (SSSR count). The van der Waals surface area contributed by atoms with Gasteiger partial charge in [-0.15, -0.1) is 0 Å². The molecular weight excluding hydrogens is 258 g/mol. The van der Waals surface area contributed by atoms with E-state index in [-0.39, 0.29) is 12.3 Å². The number of hydroxylamine groups is 2. The van der Waals surface area contributed by atoms with Crippen LogP contribution in [-0.2, 0) is 19.8 Å². The molecule has 1 fully saturated rings. The Balaban J connectivity index is 2.17. The maximum Gasteiger partial charge on any atom is 0.314 e. The number of hydrogen-bond acceptors (Lipinski definition) is 3. The molecule has 1 aliphatic heterocycles. The van der Waals surface area contributed by atoms with Crippen LogP contribution in [0.2, 0.25) is 0 Å². The van der Waals surface area contributed by atoms with E-state index >= 15 is 0 Å². The minimum Gasteiger partial charge on any atom is -0.481 e. The molecule has 0 radical (unpaired) electrons. The van der Waals surface area contributed by atoms with E-state index in [9.17, 15) is 14.7 Å². The molecule has 1 saturated heterocycles. The highest BCUT2D eigenvalue weighted by molar-refractivity contribution is 5.88. The monoisotopic (exact) mass is 277 g/mol. The number of aliphatic carboxylic acids is 1. The van der Waals surface area contributed by atoms with Gasteiger partial charge in [0.25, 0.3) is 0 Å². The summed E-state index contributed by atoms with van der Waals surface area (Å²) < 4.78 is 0. The van der Waals surface area contributed by atoms with E-state index in [1.165, 1.54) is 5.06 Å². The summed E-state index contributed by atoms with van der Waals surface area (Å²) in [5.41, 5.74) is -0.614. The van der Waals surface area contributed by atoms with Crippen molar-refractivity contribution in [2.24, 2.45) is 0 Å². The Hall–Kier alpha value is -1.88. The van der Waals surface area contributed by atoms with Crippen molar-refractivity contribution in [3.63, 3.8) is 0 Å². The summed E-state index contributed by atoms with van der Waals surface area (Å²) in [6.07, 6.45) is 1.71. The van der Waals surface area contributed by atoms with Crippen LogP contribution in [-0.4, -0.2) is 35.2 Å². The lowest BCUT2D eigenvalue weighted by Crippen LogP contribution is -2.42. The van der Waals surface area contributed by atoms with Gasteiger partial charge in [-0.2, -0.15) is 0 Å². The van der Waals surface area contributed by atoms with Gasteiger partial charge in [-0.05, 0) is 25.3 Å². The first-order valence-electron chi connectivity index (χ1n) is 6.76. The van der Waals surface area contributed by atoms with E-state index in [2.05, 4.69) is 0 Å². The fourth-order valence-corrected chi connectivity index (χ4v) is 2.29. The molecule has 0 saturated carbocycles. The van der Waals surface area contributed by atoms with Gasteiger partial charge in [-0.1, -0.05) is 30.3 Å². The molecule has 1 heterocycles. The molecule has 1 amide bonds. The molecule has 0 spiro atoms. The second-order valence-corrected chi connectivity index (χ2v) is 5.22. The first kappa shape index (κ1) is 14.5. The first-order chi connectivity index (χ1) is 9.54. The van der Waals surface area contributed by atoms with Gasteiger partial charge in [0.2, 0.25) is 5.91 Å². The molecule has 5 heteroatoms. The van der Waals surface area contributed by atoms with Crippen molar-refractivity contribution in [2.75, 3.05) is 13.2 Å². The van der Waals surface area contributed by atoms with Crippen LogP contribution in [0.4, 0.5) is 0 Å². The highest BCUT2D eigenvalue weighted by Crippen LogP contribution is 2.29. The third kappa shape index (κ3) is 2.99. The summed E-state index contributed by atoms with van der Waals surface area (Å²) in [5, 5.41) is 10.8. The lowest BCUT2D eigenvalue weighted by atomic mass is 9.79. The zero-order chi connectivity index (χ0) is 14.6. The smallest absolute Gasteiger partial charge is 0.314 e. The number of nitrogens with zero attached hydrogens (tertiary/aromatic N) is 1. The second kappa shape index (κ2) is 6.05. The second-order valence-electron chi connectivity index (χ2n) is 5.22. The average molecular weight is 277 g/mol. The SMILES string of the molecule is CC(CC(=O)N1CCCCO1)(C(=O)O)c1ccccc1. The maximum atomic E-state index is 12.2. The van der Waals surface area contributed by atoms with Crippen molar-refractivity contribution in [1.82, 2.24) is 5.06 Å². The fourth-order valence-electron chi connectivity index (χ4n) is 2.29. The molecule has 1 aromatic rings. The zero-order valence-electron chi connectivity index (χ0n) is 11.5. The molecule has 1 aromatic carbocycles. The number of carboxylic acids is 1. The summed E-state index contributed by atoms with van der Waals surface area (Å²) in [7, 11) is 0. The normalized spacial score (nSPS) is 18.4. The first-order valence-corrected chi connectivity index (χ1v) is 6.76. The summed E-state index contributed by atoms with van der Waals surface area (Å²) in [6.45, 7) is 2.62. The van der Waals surface area contributed by atoms with E-state index in [1.54, 1.807) is 31.2 Å². The lowest BCUT2D eigenvalue weighted by molar-refractivity contribution is -0.198. The Morgan fingerprint density at radius 1 is 1.30 bits per heavy atom. The van der Waals surface area contributed by atoms with Crippen molar-refractivity contribution in [3.05, 3.63) is 35.9 Å². The molecule has 0 bridgehead atoms. The van der Waals surface area contributed by atoms with Crippen LogP contribution in [0.1, 0.15) is 31.7 Å². The van der Waals surface area contributed by atoms with E-state index in [4.69, 9.17) is 4.84 Å². The number of benzene rings is 1. The number of amides is 1. The van der Waals surface area contributed by atoms with Gasteiger partial charge in [0.05, 0.1) is 12.0 Å². The van der Waals surface area contributed by atoms with Crippen molar-refractivity contribution in [3.8, 4) is 0 Å². The predicted molar refractivity (Wildman–Crippen MR) is 72.9 cm³/mol. The van der Waals surface area contributed by atoms with E-state index < -0.39 is 11.4 Å². The molecule has 0 aromatic heterocycles. The topological polar surface area (TPSA) is 66.8 Å². The number of carbonyl (C=O) groups is 2. The van der Waals surface area contributed by atoms with Gasteiger partial charge in [0.1, 0.15) is 0 Å². The number of carboxylic acid groups (broad SMARTS) is 1. The largest absolute Gasteiger partial charge is 0.481 e. The Morgan fingerprint density at radius 2 is 2.00 bits per heavy atom. The highest BCUT2D eigenvalue weighted by Gasteiger charge is 2.39. The summed E-state index contributed by atoms with van der Waals surface area (Å²) in [4.78, 5) is 29.1. The fraction of sp³-hybridized carbons (Fsp3) is 0.467. The minimum absolute atomic E-state index is 0.105. The Morgan fingerprint density at radius 3 is 2.55 bits per heavy atom. The number of carbonyl (C=O) groups excluding carboxylic acids is 1. The average Bonchev–Trinajstić information content (AvgIpc) is 2.48. The zero-order valence-corrected chi connectivity index (χ0v) is 11.5. The van der Waals surface area contributed by atoms with E-state index in [0.29, 0.717) is 18.7 Å². The van der Waals surface area contributed by atoms with Gasteiger partial charge in [-0.25, -0.2) is 5.06 Å². The molecule has 0 aliphatic carbocycles. The van der Waals surface area contributed by atoms with Crippen LogP contribution in [0.3, 0.4) is 0 Å². The van der Waals surface area contributed by atoms with E-state index in [0.717, 1.165) is 12.8 Å². The number of hydrogen-bond donors (Lipinski definition) is 1. The van der Waals surface area contributed by atoms with Crippen molar-refractivity contribution >= 4 is 11.9 Å². The quantitative estimate of drug-likeness (QED) is 0.913. The summed E-state index contributed by atoms with van der Waals surface area (Å²) in [5.74, 6) is -1.28. The minimum atomic E-state index is -1.24.